The number of benzene rings is 2. The Morgan fingerprint density at radius 3 is 1.90 bits per heavy atom. The predicted octanol–water partition coefficient (Wildman–Crippen LogP) is 10.7. The molecule has 3 aromatic heterocycles. The molecule has 3 heterocycles. The second-order valence-corrected chi connectivity index (χ2v) is 12.4. The fourth-order valence-corrected chi connectivity index (χ4v) is 6.42. The number of furan rings is 1. The Morgan fingerprint density at radius 1 is 0.667 bits per heavy atom. The van der Waals surface area contributed by atoms with Crippen LogP contribution in [0.5, 0.6) is 0 Å². The molecule has 0 radical (unpaired) electrons. The topological polar surface area (TPSA) is 38.9 Å². The van der Waals surface area contributed by atoms with Crippen LogP contribution >= 0.6 is 0 Å². The number of hydrogen-bond donors (Lipinski definition) is 0. The first-order chi connectivity index (χ1) is 18.6. The lowest BCUT2D eigenvalue weighted by Gasteiger charge is -2.26. The third kappa shape index (κ3) is 4.88. The summed E-state index contributed by atoms with van der Waals surface area (Å²) in [7, 11) is 0. The minimum Gasteiger partial charge on any atom is -0.437 e. The summed E-state index contributed by atoms with van der Waals surface area (Å²) in [4.78, 5) is 10.1. The van der Waals surface area contributed by atoms with Gasteiger partial charge in [-0.2, -0.15) is 0 Å². The van der Waals surface area contributed by atoms with Gasteiger partial charge in [-0.15, -0.1) is 0 Å². The molecule has 0 bridgehead atoms. The second-order valence-electron chi connectivity index (χ2n) is 12.4. The van der Waals surface area contributed by atoms with E-state index in [1.807, 2.05) is 0 Å². The van der Waals surface area contributed by atoms with Crippen molar-refractivity contribution in [3.05, 3.63) is 83.0 Å². The maximum atomic E-state index is 6.54. The zero-order chi connectivity index (χ0) is 28.0. The fourth-order valence-electron chi connectivity index (χ4n) is 6.42. The van der Waals surface area contributed by atoms with Gasteiger partial charge in [0.2, 0.25) is 5.71 Å². The molecule has 0 atom stereocenters. The van der Waals surface area contributed by atoms with E-state index in [-0.39, 0.29) is 0 Å². The summed E-state index contributed by atoms with van der Waals surface area (Å²) >= 11 is 0. The van der Waals surface area contributed by atoms with Crippen LogP contribution in [0.1, 0.15) is 95.4 Å². The average molecular weight is 519 g/mol. The minimum atomic E-state index is 0.404. The number of fused-ring (bicyclic) bond motifs is 3. The van der Waals surface area contributed by atoms with Gasteiger partial charge in [-0.05, 0) is 83.0 Å². The van der Waals surface area contributed by atoms with Gasteiger partial charge in [0, 0.05) is 28.1 Å². The third-order valence-electron chi connectivity index (χ3n) is 8.22. The molecule has 0 saturated carbocycles. The number of rotatable bonds is 7. The number of nitrogens with zero attached hydrogens (tertiary/aromatic N) is 2. The zero-order valence-corrected chi connectivity index (χ0v) is 25.0. The monoisotopic (exact) mass is 518 g/mol. The molecule has 2 aromatic carbocycles. The van der Waals surface area contributed by atoms with E-state index < -0.39 is 0 Å². The van der Waals surface area contributed by atoms with Crippen LogP contribution < -0.4 is 0 Å². The van der Waals surface area contributed by atoms with Crippen molar-refractivity contribution in [3.63, 3.8) is 0 Å². The van der Waals surface area contributed by atoms with Crippen LogP contribution in [0.3, 0.4) is 0 Å². The van der Waals surface area contributed by atoms with E-state index in [2.05, 4.69) is 123 Å². The standard InChI is InChI=1S/C36H42N2O/c1-20(2)25-12-10-13-26(21(3)4)34(25)31-17-16-28-27-14-11-15-29(35(27)39-36(28)38-31)32-18-24(9)30(19-37-32)33(22(5)6)23(7)8/h10-23,33H,1-9H3. The first-order valence-corrected chi connectivity index (χ1v) is 14.5. The van der Waals surface area contributed by atoms with E-state index in [0.717, 1.165) is 33.3 Å². The number of hydrogen-bond acceptors (Lipinski definition) is 3. The number of para-hydroxylation sites is 1. The first kappa shape index (κ1) is 27.1. The molecule has 3 heteroatoms. The van der Waals surface area contributed by atoms with Gasteiger partial charge in [0.1, 0.15) is 5.58 Å². The third-order valence-corrected chi connectivity index (χ3v) is 8.22. The number of aromatic nitrogens is 2. The average Bonchev–Trinajstić information content (AvgIpc) is 3.26. The lowest BCUT2D eigenvalue weighted by Crippen LogP contribution is -2.15. The Bertz CT molecular complexity index is 1600. The molecule has 0 N–H and O–H groups in total. The molecular weight excluding hydrogens is 476 g/mol. The summed E-state index contributed by atoms with van der Waals surface area (Å²) in [5.41, 5.74) is 11.0. The van der Waals surface area contributed by atoms with Crippen LogP contribution in [0.15, 0.2) is 65.2 Å². The molecule has 5 rings (SSSR count). The summed E-state index contributed by atoms with van der Waals surface area (Å²) in [6.45, 7) is 20.4. The van der Waals surface area contributed by atoms with Crippen LogP contribution in [-0.2, 0) is 0 Å². The number of pyridine rings is 2. The molecule has 0 aliphatic rings. The van der Waals surface area contributed by atoms with E-state index >= 15 is 0 Å². The molecule has 0 spiro atoms. The number of aryl methyl sites for hydroxylation is 1. The SMILES string of the molecule is Cc1cc(-c2cccc3c2oc2nc(-c4c(C(C)C)cccc4C(C)C)ccc23)ncc1C(C(C)C)C(C)C. The van der Waals surface area contributed by atoms with Crippen molar-refractivity contribution in [1.82, 2.24) is 9.97 Å². The smallest absolute Gasteiger partial charge is 0.227 e. The fraction of sp³-hybridized carbons (Fsp3) is 0.389. The maximum Gasteiger partial charge on any atom is 0.227 e. The van der Waals surface area contributed by atoms with Gasteiger partial charge in [-0.25, -0.2) is 4.98 Å². The highest BCUT2D eigenvalue weighted by atomic mass is 16.3. The molecule has 0 aliphatic carbocycles. The highest BCUT2D eigenvalue weighted by molar-refractivity contribution is 6.08. The molecule has 202 valence electrons. The van der Waals surface area contributed by atoms with Gasteiger partial charge in [-0.1, -0.05) is 85.7 Å². The van der Waals surface area contributed by atoms with E-state index in [1.165, 1.54) is 27.8 Å². The molecule has 39 heavy (non-hydrogen) atoms. The Balaban J connectivity index is 1.65. The van der Waals surface area contributed by atoms with Crippen molar-refractivity contribution in [2.45, 2.75) is 80.1 Å². The maximum absolute atomic E-state index is 6.54. The van der Waals surface area contributed by atoms with E-state index in [4.69, 9.17) is 14.4 Å². The Kier molecular flexibility index (Phi) is 7.37. The minimum absolute atomic E-state index is 0.404. The van der Waals surface area contributed by atoms with Crippen molar-refractivity contribution >= 4 is 22.1 Å². The quantitative estimate of drug-likeness (QED) is 0.215. The van der Waals surface area contributed by atoms with Crippen LogP contribution in [0.4, 0.5) is 0 Å². The zero-order valence-electron chi connectivity index (χ0n) is 25.0. The van der Waals surface area contributed by atoms with Gasteiger partial charge in [-0.3, -0.25) is 4.98 Å². The van der Waals surface area contributed by atoms with Crippen LogP contribution in [-0.4, -0.2) is 9.97 Å². The molecule has 0 aliphatic heterocycles. The van der Waals surface area contributed by atoms with Crippen molar-refractivity contribution in [3.8, 4) is 22.5 Å². The Hall–Kier alpha value is -3.46. The van der Waals surface area contributed by atoms with Crippen molar-refractivity contribution in [2.24, 2.45) is 11.8 Å². The Labute approximate surface area is 233 Å². The van der Waals surface area contributed by atoms with Crippen molar-refractivity contribution < 1.29 is 4.42 Å². The Morgan fingerprint density at radius 2 is 1.31 bits per heavy atom. The highest BCUT2D eigenvalue weighted by Crippen LogP contribution is 2.40. The second kappa shape index (κ2) is 10.6. The summed E-state index contributed by atoms with van der Waals surface area (Å²) in [6.07, 6.45) is 2.09. The van der Waals surface area contributed by atoms with Gasteiger partial charge < -0.3 is 4.42 Å². The van der Waals surface area contributed by atoms with E-state index in [9.17, 15) is 0 Å². The molecule has 0 amide bonds. The molecule has 3 nitrogen and oxygen atoms in total. The van der Waals surface area contributed by atoms with Crippen molar-refractivity contribution in [2.75, 3.05) is 0 Å². The van der Waals surface area contributed by atoms with Crippen molar-refractivity contribution in [1.29, 1.82) is 0 Å². The van der Waals surface area contributed by atoms with Crippen LogP contribution in [0.25, 0.3) is 44.6 Å². The largest absolute Gasteiger partial charge is 0.437 e. The molecule has 5 aromatic rings. The van der Waals surface area contributed by atoms with Crippen LogP contribution in [0.2, 0.25) is 0 Å². The van der Waals surface area contributed by atoms with Gasteiger partial charge in [0.15, 0.2) is 0 Å². The first-order valence-electron chi connectivity index (χ1n) is 14.5. The molecule has 0 unspecified atom stereocenters. The highest BCUT2D eigenvalue weighted by Gasteiger charge is 2.23. The predicted molar refractivity (Wildman–Crippen MR) is 166 cm³/mol. The van der Waals surface area contributed by atoms with Crippen LogP contribution in [0, 0.1) is 18.8 Å². The van der Waals surface area contributed by atoms with E-state index in [0.29, 0.717) is 35.3 Å². The molecule has 0 fully saturated rings. The summed E-state index contributed by atoms with van der Waals surface area (Å²) < 4.78 is 6.54. The lowest BCUT2D eigenvalue weighted by atomic mass is 9.79. The summed E-state index contributed by atoms with van der Waals surface area (Å²) in [5.74, 6) is 2.42. The normalized spacial score (nSPS) is 12.4. The lowest BCUT2D eigenvalue weighted by molar-refractivity contribution is 0.385. The van der Waals surface area contributed by atoms with Gasteiger partial charge in [0.25, 0.3) is 0 Å². The van der Waals surface area contributed by atoms with Gasteiger partial charge in [0.05, 0.1) is 11.4 Å². The van der Waals surface area contributed by atoms with E-state index in [1.54, 1.807) is 0 Å². The molecular formula is C36H42N2O. The molecule has 0 saturated heterocycles. The summed E-state index contributed by atoms with van der Waals surface area (Å²) in [5, 5.41) is 2.12. The summed E-state index contributed by atoms with van der Waals surface area (Å²) in [6, 6.07) is 19.5. The van der Waals surface area contributed by atoms with Gasteiger partial charge >= 0.3 is 0 Å².